The van der Waals surface area contributed by atoms with Gasteiger partial charge >= 0.3 is 0 Å². The maximum Gasteiger partial charge on any atom is 0.257 e. The average molecular weight is 504 g/mol. The fraction of sp³-hybridized carbons (Fsp3) is 0.433. The van der Waals surface area contributed by atoms with Gasteiger partial charge in [0.1, 0.15) is 22.7 Å². The molecule has 0 spiro atoms. The number of carbonyl (C=O) groups is 1. The van der Waals surface area contributed by atoms with Crippen molar-refractivity contribution >= 4 is 11.4 Å². The number of hydrogen-bond donors (Lipinski definition) is 0. The predicted octanol–water partition coefficient (Wildman–Crippen LogP) is 7.07. The molecule has 7 heteroatoms. The van der Waals surface area contributed by atoms with Gasteiger partial charge < -0.3 is 9.47 Å². The zero-order valence-electron chi connectivity index (χ0n) is 22.0. The summed E-state index contributed by atoms with van der Waals surface area (Å²) in [7, 11) is 1.49. The Morgan fingerprint density at radius 3 is 2.73 bits per heavy atom. The highest BCUT2D eigenvalue weighted by Gasteiger charge is 2.28. The van der Waals surface area contributed by atoms with E-state index in [0.29, 0.717) is 35.0 Å². The highest BCUT2D eigenvalue weighted by molar-refractivity contribution is 6.02. The second-order valence-corrected chi connectivity index (χ2v) is 10.4. The van der Waals surface area contributed by atoms with Gasteiger partial charge in [0.25, 0.3) is 6.36 Å². The number of halogens is 1. The molecule has 3 aromatic rings. The van der Waals surface area contributed by atoms with E-state index in [2.05, 4.69) is 24.6 Å². The van der Waals surface area contributed by atoms with Crippen molar-refractivity contribution in [2.75, 3.05) is 7.11 Å². The standard InChI is InChI=1S/C30H34FN3O3/c1-6-27(31)37-26-15-21(23-17-33-28-16-22(12-13-34(23)28)30(3,4)18-32)14-25(36-5)29(26)24(35)9-7-8-19(2)20-10-11-20/h6,12-17,19-20,27H,1,7-11H2,2-5H3. The van der Waals surface area contributed by atoms with Gasteiger partial charge in [0.2, 0.25) is 0 Å². The molecule has 2 atom stereocenters. The zero-order chi connectivity index (χ0) is 26.7. The van der Waals surface area contributed by atoms with E-state index in [1.54, 1.807) is 18.3 Å². The van der Waals surface area contributed by atoms with Gasteiger partial charge in [-0.15, -0.1) is 0 Å². The van der Waals surface area contributed by atoms with Gasteiger partial charge in [-0.3, -0.25) is 9.20 Å². The van der Waals surface area contributed by atoms with Crippen LogP contribution < -0.4 is 9.47 Å². The van der Waals surface area contributed by atoms with Crippen molar-refractivity contribution in [3.63, 3.8) is 0 Å². The Morgan fingerprint density at radius 1 is 1.35 bits per heavy atom. The van der Waals surface area contributed by atoms with Gasteiger partial charge in [0.05, 0.1) is 30.5 Å². The lowest BCUT2D eigenvalue weighted by Crippen LogP contribution is -2.14. The maximum atomic E-state index is 14.3. The van der Waals surface area contributed by atoms with E-state index in [0.717, 1.165) is 30.4 Å². The number of carbonyl (C=O) groups excluding carboxylic acids is 1. The Labute approximate surface area is 217 Å². The number of pyridine rings is 1. The van der Waals surface area contributed by atoms with Crippen LogP contribution in [-0.4, -0.2) is 28.6 Å². The minimum atomic E-state index is -1.78. The number of nitrogens with zero attached hydrogens (tertiary/aromatic N) is 3. The summed E-state index contributed by atoms with van der Waals surface area (Å²) in [5, 5.41) is 9.49. The number of benzene rings is 1. The summed E-state index contributed by atoms with van der Waals surface area (Å²) in [6.07, 6.45) is 7.44. The summed E-state index contributed by atoms with van der Waals surface area (Å²) < 4.78 is 27.3. The molecule has 2 unspecified atom stereocenters. The SMILES string of the molecule is C=CC(F)Oc1cc(-c2cnc3cc(C(C)(C)C#N)ccn23)cc(OC)c1C(=O)CCCC(C)C1CC1. The van der Waals surface area contributed by atoms with Crippen molar-refractivity contribution in [2.24, 2.45) is 11.8 Å². The first-order chi connectivity index (χ1) is 17.7. The van der Waals surface area contributed by atoms with E-state index >= 15 is 0 Å². The second kappa shape index (κ2) is 10.8. The van der Waals surface area contributed by atoms with Crippen LogP contribution in [0.4, 0.5) is 4.39 Å². The fourth-order valence-electron chi connectivity index (χ4n) is 4.69. The Balaban J connectivity index is 1.70. The molecule has 0 bridgehead atoms. The third kappa shape index (κ3) is 5.69. The first kappa shape index (κ1) is 26.4. The lowest BCUT2D eigenvalue weighted by Gasteiger charge is -2.18. The third-order valence-corrected chi connectivity index (χ3v) is 7.29. The maximum absolute atomic E-state index is 14.3. The first-order valence-electron chi connectivity index (χ1n) is 12.8. The minimum absolute atomic E-state index is 0.110. The van der Waals surface area contributed by atoms with Crippen LogP contribution in [0.25, 0.3) is 16.9 Å². The van der Waals surface area contributed by atoms with Crippen LogP contribution >= 0.6 is 0 Å². The van der Waals surface area contributed by atoms with Crippen LogP contribution in [0.1, 0.15) is 68.8 Å². The summed E-state index contributed by atoms with van der Waals surface area (Å²) >= 11 is 0. The number of hydrogen-bond acceptors (Lipinski definition) is 5. The Morgan fingerprint density at radius 2 is 2.08 bits per heavy atom. The molecule has 1 aliphatic carbocycles. The largest absolute Gasteiger partial charge is 0.496 e. The molecule has 4 rings (SSSR count). The summed E-state index contributed by atoms with van der Waals surface area (Å²) in [6, 6.07) is 9.46. The summed E-state index contributed by atoms with van der Waals surface area (Å²) in [6.45, 7) is 9.41. The molecule has 37 heavy (non-hydrogen) atoms. The lowest BCUT2D eigenvalue weighted by atomic mass is 9.87. The van der Waals surface area contributed by atoms with E-state index in [4.69, 9.17) is 9.47 Å². The number of methoxy groups -OCH3 is 1. The number of nitriles is 1. The van der Waals surface area contributed by atoms with Gasteiger partial charge in [-0.25, -0.2) is 4.98 Å². The van der Waals surface area contributed by atoms with Crippen molar-refractivity contribution in [3.05, 3.63) is 60.4 Å². The van der Waals surface area contributed by atoms with Crippen molar-refractivity contribution in [3.8, 4) is 28.8 Å². The van der Waals surface area contributed by atoms with Gasteiger partial charge in [-0.1, -0.05) is 19.9 Å². The Kier molecular flexibility index (Phi) is 7.68. The zero-order valence-corrected chi connectivity index (χ0v) is 22.0. The predicted molar refractivity (Wildman–Crippen MR) is 142 cm³/mol. The molecule has 1 aliphatic rings. The van der Waals surface area contributed by atoms with Crippen LogP contribution in [0.5, 0.6) is 11.5 Å². The number of ketones is 1. The molecule has 0 amide bonds. The van der Waals surface area contributed by atoms with Crippen LogP contribution in [0.2, 0.25) is 0 Å². The molecule has 1 aromatic carbocycles. The summed E-state index contributed by atoms with van der Waals surface area (Å²) in [5.41, 5.74) is 2.47. The molecule has 2 aromatic heterocycles. The van der Waals surface area contributed by atoms with Crippen LogP contribution in [-0.2, 0) is 5.41 Å². The number of fused-ring (bicyclic) bond motifs is 1. The van der Waals surface area contributed by atoms with E-state index < -0.39 is 11.8 Å². The quantitative estimate of drug-likeness (QED) is 0.195. The van der Waals surface area contributed by atoms with Crippen LogP contribution in [0.3, 0.4) is 0 Å². The number of rotatable bonds is 12. The Hall–Kier alpha value is -3.66. The number of ether oxygens (including phenoxy) is 2. The van der Waals surface area contributed by atoms with Gasteiger partial charge in [-0.05, 0) is 80.9 Å². The average Bonchev–Trinajstić information content (AvgIpc) is 3.66. The third-order valence-electron chi connectivity index (χ3n) is 7.29. The Bertz CT molecular complexity index is 1350. The van der Waals surface area contributed by atoms with Crippen molar-refractivity contribution in [2.45, 2.75) is 64.6 Å². The van der Waals surface area contributed by atoms with Gasteiger partial charge in [0, 0.05) is 18.2 Å². The van der Waals surface area contributed by atoms with Crippen molar-refractivity contribution in [1.29, 1.82) is 5.26 Å². The summed E-state index contributed by atoms with van der Waals surface area (Å²) in [5.74, 6) is 1.69. The molecule has 194 valence electrons. The van der Waals surface area contributed by atoms with Crippen molar-refractivity contribution < 1.29 is 18.7 Å². The van der Waals surface area contributed by atoms with Crippen LogP contribution in [0.15, 0.2) is 49.3 Å². The number of imidazole rings is 1. The number of Topliss-reactive ketones (excluding diaryl/α,β-unsaturated/α-hetero) is 1. The molecule has 2 heterocycles. The molecule has 0 saturated heterocycles. The molecule has 0 N–H and O–H groups in total. The molecule has 1 saturated carbocycles. The highest BCUT2D eigenvalue weighted by atomic mass is 19.1. The van der Waals surface area contributed by atoms with Gasteiger partial charge in [-0.2, -0.15) is 9.65 Å². The fourth-order valence-corrected chi connectivity index (χ4v) is 4.69. The monoisotopic (exact) mass is 503 g/mol. The second-order valence-electron chi connectivity index (χ2n) is 10.4. The minimum Gasteiger partial charge on any atom is -0.496 e. The first-order valence-corrected chi connectivity index (χ1v) is 12.8. The van der Waals surface area contributed by atoms with Gasteiger partial charge in [0.15, 0.2) is 5.78 Å². The lowest BCUT2D eigenvalue weighted by molar-refractivity contribution is 0.0940. The molecular weight excluding hydrogens is 469 g/mol. The molecular formula is C30H34FN3O3. The molecule has 0 aliphatic heterocycles. The van der Waals surface area contributed by atoms with E-state index in [9.17, 15) is 14.4 Å². The van der Waals surface area contributed by atoms with Crippen LogP contribution in [0, 0.1) is 23.2 Å². The number of alkyl halides is 1. The molecule has 0 radical (unpaired) electrons. The molecule has 6 nitrogen and oxygen atoms in total. The van der Waals surface area contributed by atoms with E-state index in [-0.39, 0.29) is 17.1 Å². The summed E-state index contributed by atoms with van der Waals surface area (Å²) in [4.78, 5) is 17.8. The van der Waals surface area contributed by atoms with Crippen molar-refractivity contribution in [1.82, 2.24) is 9.38 Å². The van der Waals surface area contributed by atoms with E-state index in [1.807, 2.05) is 36.6 Å². The normalized spacial score (nSPS) is 15.1. The van der Waals surface area contributed by atoms with E-state index in [1.165, 1.54) is 20.0 Å². The molecule has 1 fully saturated rings. The highest BCUT2D eigenvalue weighted by Crippen LogP contribution is 2.40. The smallest absolute Gasteiger partial charge is 0.257 e. The number of aromatic nitrogens is 2. The topological polar surface area (TPSA) is 76.6 Å².